The molecule has 0 bridgehead atoms. The van der Waals surface area contributed by atoms with Gasteiger partial charge in [0.25, 0.3) is 5.69 Å². The third-order valence-electron chi connectivity index (χ3n) is 3.58. The SMILES string of the molecule is COC(=O)c1ccc(-n2cncc2-c2ccc([N+](=O)[O-])cc2)cc1. The molecule has 0 unspecified atom stereocenters. The zero-order valence-electron chi connectivity index (χ0n) is 12.7. The fourth-order valence-corrected chi connectivity index (χ4v) is 2.34. The Hall–Kier alpha value is -3.48. The van der Waals surface area contributed by atoms with Crippen molar-refractivity contribution in [3.63, 3.8) is 0 Å². The van der Waals surface area contributed by atoms with Gasteiger partial charge in [-0.3, -0.25) is 14.7 Å². The molecule has 1 aromatic heterocycles. The van der Waals surface area contributed by atoms with Crippen molar-refractivity contribution in [2.24, 2.45) is 0 Å². The van der Waals surface area contributed by atoms with E-state index in [9.17, 15) is 14.9 Å². The zero-order valence-corrected chi connectivity index (χ0v) is 12.7. The van der Waals surface area contributed by atoms with Crippen molar-refractivity contribution in [2.45, 2.75) is 0 Å². The second-order valence-corrected chi connectivity index (χ2v) is 4.99. The summed E-state index contributed by atoms with van der Waals surface area (Å²) in [7, 11) is 1.33. The van der Waals surface area contributed by atoms with Crippen molar-refractivity contribution in [1.29, 1.82) is 0 Å². The van der Waals surface area contributed by atoms with Crippen LogP contribution in [0.1, 0.15) is 10.4 Å². The van der Waals surface area contributed by atoms with Crippen LogP contribution in [0.4, 0.5) is 5.69 Å². The van der Waals surface area contributed by atoms with Gasteiger partial charge in [0.1, 0.15) is 0 Å². The minimum Gasteiger partial charge on any atom is -0.465 e. The standard InChI is InChI=1S/C17H13N3O4/c1-24-17(21)13-4-6-14(7-5-13)19-11-18-10-16(19)12-2-8-15(9-3-12)20(22)23/h2-11H,1H3. The molecule has 0 spiro atoms. The molecule has 0 N–H and O–H groups in total. The molecule has 24 heavy (non-hydrogen) atoms. The molecule has 2 aromatic carbocycles. The molecule has 0 atom stereocenters. The van der Waals surface area contributed by atoms with Gasteiger partial charge in [0.2, 0.25) is 0 Å². The molecule has 0 radical (unpaired) electrons. The Kier molecular flexibility index (Phi) is 4.07. The zero-order chi connectivity index (χ0) is 17.1. The maximum atomic E-state index is 11.5. The predicted molar refractivity (Wildman–Crippen MR) is 87.0 cm³/mol. The van der Waals surface area contributed by atoms with Gasteiger partial charge in [0.05, 0.1) is 35.8 Å². The number of imidazole rings is 1. The highest BCUT2D eigenvalue weighted by Gasteiger charge is 2.11. The molecular weight excluding hydrogens is 310 g/mol. The highest BCUT2D eigenvalue weighted by molar-refractivity contribution is 5.89. The van der Waals surface area contributed by atoms with Gasteiger partial charge < -0.3 is 4.74 Å². The Morgan fingerprint density at radius 2 is 1.79 bits per heavy atom. The number of carbonyl (C=O) groups excluding carboxylic acids is 1. The fraction of sp³-hybridized carbons (Fsp3) is 0.0588. The Balaban J connectivity index is 1.95. The molecule has 0 fully saturated rings. The number of ether oxygens (including phenoxy) is 1. The lowest BCUT2D eigenvalue weighted by molar-refractivity contribution is -0.384. The Morgan fingerprint density at radius 1 is 1.12 bits per heavy atom. The third kappa shape index (κ3) is 2.87. The van der Waals surface area contributed by atoms with Gasteiger partial charge in [-0.2, -0.15) is 0 Å². The normalized spacial score (nSPS) is 10.4. The van der Waals surface area contributed by atoms with Crippen molar-refractivity contribution in [3.8, 4) is 16.9 Å². The fourth-order valence-electron chi connectivity index (χ4n) is 2.34. The van der Waals surface area contributed by atoms with Crippen molar-refractivity contribution in [2.75, 3.05) is 7.11 Å². The van der Waals surface area contributed by atoms with Crippen LogP contribution in [0.2, 0.25) is 0 Å². The van der Waals surface area contributed by atoms with Crippen LogP contribution in [0.25, 0.3) is 16.9 Å². The second kappa shape index (κ2) is 6.33. The van der Waals surface area contributed by atoms with Crippen LogP contribution < -0.4 is 0 Å². The highest BCUT2D eigenvalue weighted by atomic mass is 16.6. The number of nitrogens with zero attached hydrogens (tertiary/aromatic N) is 3. The van der Waals surface area contributed by atoms with Crippen molar-refractivity contribution >= 4 is 11.7 Å². The lowest BCUT2D eigenvalue weighted by atomic mass is 10.1. The minimum atomic E-state index is -0.438. The molecule has 3 aromatic rings. The summed E-state index contributed by atoms with van der Waals surface area (Å²) in [6, 6.07) is 13.1. The average Bonchev–Trinajstić information content (AvgIpc) is 3.11. The van der Waals surface area contributed by atoms with E-state index < -0.39 is 10.9 Å². The second-order valence-electron chi connectivity index (χ2n) is 4.99. The lowest BCUT2D eigenvalue weighted by Crippen LogP contribution is -2.02. The number of carbonyl (C=O) groups is 1. The largest absolute Gasteiger partial charge is 0.465 e. The van der Waals surface area contributed by atoms with Gasteiger partial charge in [0, 0.05) is 23.4 Å². The van der Waals surface area contributed by atoms with E-state index in [0.717, 1.165) is 16.9 Å². The summed E-state index contributed by atoms with van der Waals surface area (Å²) < 4.78 is 6.51. The van der Waals surface area contributed by atoms with Gasteiger partial charge in [0.15, 0.2) is 0 Å². The molecule has 0 aliphatic rings. The lowest BCUT2D eigenvalue weighted by Gasteiger charge is -2.09. The summed E-state index contributed by atoms with van der Waals surface area (Å²) >= 11 is 0. The summed E-state index contributed by atoms with van der Waals surface area (Å²) in [6.07, 6.45) is 3.32. The van der Waals surface area contributed by atoms with Crippen molar-refractivity contribution < 1.29 is 14.5 Å². The van der Waals surface area contributed by atoms with Crippen LogP contribution in [0.3, 0.4) is 0 Å². The quantitative estimate of drug-likeness (QED) is 0.418. The smallest absolute Gasteiger partial charge is 0.337 e. The van der Waals surface area contributed by atoms with Gasteiger partial charge in [-0.25, -0.2) is 9.78 Å². The Morgan fingerprint density at radius 3 is 2.38 bits per heavy atom. The molecule has 0 amide bonds. The van der Waals surface area contributed by atoms with Crippen LogP contribution in [0.5, 0.6) is 0 Å². The first-order valence-corrected chi connectivity index (χ1v) is 7.06. The molecule has 3 rings (SSSR count). The number of aromatic nitrogens is 2. The number of hydrogen-bond donors (Lipinski definition) is 0. The van der Waals surface area contributed by atoms with Gasteiger partial charge >= 0.3 is 5.97 Å². The Bertz CT molecular complexity index is 883. The maximum Gasteiger partial charge on any atom is 0.337 e. The van der Waals surface area contributed by atoms with E-state index in [1.807, 2.05) is 4.57 Å². The van der Waals surface area contributed by atoms with Crippen molar-refractivity contribution in [3.05, 3.63) is 76.7 Å². The summed E-state index contributed by atoms with van der Waals surface area (Å²) in [6.45, 7) is 0. The van der Waals surface area contributed by atoms with E-state index in [4.69, 9.17) is 0 Å². The number of hydrogen-bond acceptors (Lipinski definition) is 5. The molecule has 7 nitrogen and oxygen atoms in total. The first-order valence-electron chi connectivity index (χ1n) is 7.06. The first kappa shape index (κ1) is 15.4. The summed E-state index contributed by atoms with van der Waals surface area (Å²) in [5, 5.41) is 10.7. The number of nitro benzene ring substituents is 1. The van der Waals surface area contributed by atoms with E-state index in [-0.39, 0.29) is 5.69 Å². The molecule has 0 aliphatic heterocycles. The summed E-state index contributed by atoms with van der Waals surface area (Å²) in [5.41, 5.74) is 2.89. The third-order valence-corrected chi connectivity index (χ3v) is 3.58. The molecule has 0 saturated carbocycles. The number of methoxy groups -OCH3 is 1. The maximum absolute atomic E-state index is 11.5. The minimum absolute atomic E-state index is 0.0345. The summed E-state index contributed by atoms with van der Waals surface area (Å²) in [5.74, 6) is -0.400. The molecular formula is C17H13N3O4. The Labute approximate surface area is 137 Å². The molecule has 7 heteroatoms. The van der Waals surface area contributed by atoms with E-state index in [1.165, 1.54) is 19.2 Å². The van der Waals surface area contributed by atoms with Gasteiger partial charge in [-0.15, -0.1) is 0 Å². The molecule has 0 aliphatic carbocycles. The predicted octanol–water partition coefficient (Wildman–Crippen LogP) is 3.23. The monoisotopic (exact) mass is 323 g/mol. The van der Waals surface area contributed by atoms with E-state index in [1.54, 1.807) is 48.9 Å². The first-order chi connectivity index (χ1) is 11.6. The van der Waals surface area contributed by atoms with Crippen LogP contribution in [0, 0.1) is 10.1 Å². The molecule has 1 heterocycles. The summed E-state index contributed by atoms with van der Waals surface area (Å²) in [4.78, 5) is 25.9. The number of benzene rings is 2. The molecule has 120 valence electrons. The van der Waals surface area contributed by atoms with E-state index in [0.29, 0.717) is 5.56 Å². The molecule has 0 saturated heterocycles. The topological polar surface area (TPSA) is 87.3 Å². The van der Waals surface area contributed by atoms with E-state index in [2.05, 4.69) is 9.72 Å². The van der Waals surface area contributed by atoms with Crippen molar-refractivity contribution in [1.82, 2.24) is 9.55 Å². The van der Waals surface area contributed by atoms with Crippen LogP contribution in [-0.2, 0) is 4.74 Å². The van der Waals surface area contributed by atoms with Crippen LogP contribution in [0.15, 0.2) is 61.1 Å². The van der Waals surface area contributed by atoms with Gasteiger partial charge in [-0.05, 0) is 36.4 Å². The number of nitro groups is 1. The number of esters is 1. The average molecular weight is 323 g/mol. The number of rotatable bonds is 4. The number of non-ortho nitro benzene ring substituents is 1. The van der Waals surface area contributed by atoms with Crippen LogP contribution in [-0.4, -0.2) is 27.6 Å². The van der Waals surface area contributed by atoms with E-state index >= 15 is 0 Å². The highest BCUT2D eigenvalue weighted by Crippen LogP contribution is 2.25. The van der Waals surface area contributed by atoms with Crippen LogP contribution >= 0.6 is 0 Å². The van der Waals surface area contributed by atoms with Gasteiger partial charge in [-0.1, -0.05) is 0 Å².